The first-order valence-corrected chi connectivity index (χ1v) is 9.93. The van der Waals surface area contributed by atoms with Crippen molar-refractivity contribution in [3.8, 4) is 0 Å². The molecule has 1 atom stereocenters. The number of ether oxygens (including phenoxy) is 1. The zero-order valence-corrected chi connectivity index (χ0v) is 15.2. The lowest BCUT2D eigenvalue weighted by atomic mass is 10.3. The van der Waals surface area contributed by atoms with E-state index in [1.54, 1.807) is 18.3 Å². The molecule has 2 aliphatic heterocycles. The summed E-state index contributed by atoms with van der Waals surface area (Å²) >= 11 is 0. The number of hydrogen-bond donors (Lipinski definition) is 0. The average Bonchev–Trinajstić information content (AvgIpc) is 2.63. The predicted molar refractivity (Wildman–Crippen MR) is 91.4 cm³/mol. The van der Waals surface area contributed by atoms with Crippen molar-refractivity contribution < 1.29 is 17.9 Å². The minimum absolute atomic E-state index is 0.0687. The van der Waals surface area contributed by atoms with Crippen LogP contribution >= 0.6 is 0 Å². The number of pyridine rings is 1. The third-order valence-electron chi connectivity index (χ3n) is 4.56. The van der Waals surface area contributed by atoms with Gasteiger partial charge in [0.25, 0.3) is 0 Å². The van der Waals surface area contributed by atoms with E-state index in [1.807, 2.05) is 16.7 Å². The zero-order chi connectivity index (χ0) is 17.9. The van der Waals surface area contributed by atoms with Gasteiger partial charge in [-0.05, 0) is 19.1 Å². The Morgan fingerprint density at radius 3 is 2.68 bits per heavy atom. The van der Waals surface area contributed by atoms with Crippen molar-refractivity contribution in [1.82, 2.24) is 19.1 Å². The number of rotatable bonds is 4. The number of morpholine rings is 1. The molecule has 0 N–H and O–H groups in total. The second-order valence-electron chi connectivity index (χ2n) is 6.39. The molecule has 2 aliphatic rings. The number of sulfonamides is 1. The van der Waals surface area contributed by atoms with Gasteiger partial charge < -0.3 is 9.64 Å². The van der Waals surface area contributed by atoms with Crippen LogP contribution in [-0.2, 0) is 19.6 Å². The van der Waals surface area contributed by atoms with Crippen molar-refractivity contribution in [3.05, 3.63) is 24.5 Å². The van der Waals surface area contributed by atoms with Crippen LogP contribution < -0.4 is 0 Å². The van der Waals surface area contributed by atoms with Crippen LogP contribution in [0.15, 0.2) is 29.4 Å². The van der Waals surface area contributed by atoms with Crippen LogP contribution in [-0.4, -0.2) is 91.9 Å². The average molecular weight is 368 g/mol. The lowest BCUT2D eigenvalue weighted by molar-refractivity contribution is -0.139. The smallest absolute Gasteiger partial charge is 0.244 e. The lowest BCUT2D eigenvalue weighted by Gasteiger charge is -2.36. The Morgan fingerprint density at radius 2 is 2.04 bits per heavy atom. The summed E-state index contributed by atoms with van der Waals surface area (Å²) in [5.74, 6) is 0.0821. The van der Waals surface area contributed by atoms with Gasteiger partial charge in [0.2, 0.25) is 15.9 Å². The number of aromatic nitrogens is 1. The quantitative estimate of drug-likeness (QED) is 0.722. The van der Waals surface area contributed by atoms with Crippen molar-refractivity contribution in [2.24, 2.45) is 0 Å². The number of carbonyl (C=O) groups excluding carboxylic acids is 1. The summed E-state index contributed by atoms with van der Waals surface area (Å²) < 4.78 is 32.1. The molecule has 2 saturated heterocycles. The first-order valence-electron chi connectivity index (χ1n) is 8.49. The highest BCUT2D eigenvalue weighted by Crippen LogP contribution is 2.16. The summed E-state index contributed by atoms with van der Waals surface area (Å²) in [5.41, 5.74) is 0. The lowest BCUT2D eigenvalue weighted by Crippen LogP contribution is -2.53. The van der Waals surface area contributed by atoms with E-state index in [9.17, 15) is 13.2 Å². The molecule has 1 aromatic rings. The molecule has 138 valence electrons. The van der Waals surface area contributed by atoms with E-state index in [-0.39, 0.29) is 16.9 Å². The molecule has 3 heterocycles. The Hall–Kier alpha value is -1.55. The van der Waals surface area contributed by atoms with Crippen LogP contribution in [0.5, 0.6) is 0 Å². The van der Waals surface area contributed by atoms with E-state index in [4.69, 9.17) is 4.74 Å². The van der Waals surface area contributed by atoms with Gasteiger partial charge in [-0.1, -0.05) is 0 Å². The highest BCUT2D eigenvalue weighted by molar-refractivity contribution is 7.89. The molecule has 0 radical (unpaired) electrons. The zero-order valence-electron chi connectivity index (χ0n) is 14.4. The van der Waals surface area contributed by atoms with Crippen molar-refractivity contribution in [1.29, 1.82) is 0 Å². The van der Waals surface area contributed by atoms with Crippen LogP contribution in [0.25, 0.3) is 0 Å². The van der Waals surface area contributed by atoms with Crippen LogP contribution in [0, 0.1) is 0 Å². The fourth-order valence-corrected chi connectivity index (χ4v) is 4.50. The summed E-state index contributed by atoms with van der Waals surface area (Å²) in [4.78, 5) is 20.3. The Balaban J connectivity index is 1.53. The van der Waals surface area contributed by atoms with Crippen molar-refractivity contribution in [2.45, 2.75) is 17.9 Å². The first-order chi connectivity index (χ1) is 12.0. The van der Waals surface area contributed by atoms with Gasteiger partial charge in [-0.3, -0.25) is 14.7 Å². The van der Waals surface area contributed by atoms with Gasteiger partial charge in [0.15, 0.2) is 0 Å². The Bertz CT molecular complexity index is 689. The van der Waals surface area contributed by atoms with Crippen LogP contribution in [0.4, 0.5) is 0 Å². The molecule has 1 amide bonds. The maximum Gasteiger partial charge on any atom is 0.244 e. The highest BCUT2D eigenvalue weighted by atomic mass is 32.2. The predicted octanol–water partition coefficient (Wildman–Crippen LogP) is -0.365. The molecule has 3 rings (SSSR count). The first kappa shape index (κ1) is 18.2. The SMILES string of the molecule is CC1CN(C(=O)CN2CCN(S(=O)(=O)c3cccnc3)CC2)CCO1. The third-order valence-corrected chi connectivity index (χ3v) is 6.44. The van der Waals surface area contributed by atoms with E-state index in [0.29, 0.717) is 52.4 Å². The molecule has 0 saturated carbocycles. The van der Waals surface area contributed by atoms with Gasteiger partial charge in [0.05, 0.1) is 19.3 Å². The molecule has 0 spiro atoms. The molecule has 1 aromatic heterocycles. The number of carbonyl (C=O) groups is 1. The summed E-state index contributed by atoms with van der Waals surface area (Å²) in [7, 11) is -3.51. The monoisotopic (exact) mass is 368 g/mol. The molecule has 0 aliphatic carbocycles. The van der Waals surface area contributed by atoms with Crippen molar-refractivity contribution >= 4 is 15.9 Å². The van der Waals surface area contributed by atoms with E-state index in [0.717, 1.165) is 0 Å². The maximum atomic E-state index is 12.6. The van der Waals surface area contributed by atoms with E-state index >= 15 is 0 Å². The van der Waals surface area contributed by atoms with E-state index < -0.39 is 10.0 Å². The van der Waals surface area contributed by atoms with Crippen molar-refractivity contribution in [3.63, 3.8) is 0 Å². The van der Waals surface area contributed by atoms with Crippen molar-refractivity contribution in [2.75, 3.05) is 52.4 Å². The molecule has 25 heavy (non-hydrogen) atoms. The number of nitrogens with zero attached hydrogens (tertiary/aromatic N) is 4. The fraction of sp³-hybridized carbons (Fsp3) is 0.625. The number of hydrogen-bond acceptors (Lipinski definition) is 6. The van der Waals surface area contributed by atoms with Crippen LogP contribution in [0.3, 0.4) is 0 Å². The van der Waals surface area contributed by atoms with Crippen LogP contribution in [0.1, 0.15) is 6.92 Å². The molecule has 9 heteroatoms. The van der Waals surface area contributed by atoms with E-state index in [1.165, 1.54) is 10.5 Å². The number of piperazine rings is 1. The Morgan fingerprint density at radius 1 is 1.28 bits per heavy atom. The van der Waals surface area contributed by atoms with Crippen LogP contribution in [0.2, 0.25) is 0 Å². The molecule has 0 bridgehead atoms. The highest BCUT2D eigenvalue weighted by Gasteiger charge is 2.30. The fourth-order valence-electron chi connectivity index (χ4n) is 3.11. The second-order valence-corrected chi connectivity index (χ2v) is 8.33. The third kappa shape index (κ3) is 4.35. The summed E-state index contributed by atoms with van der Waals surface area (Å²) in [6.07, 6.45) is 2.99. The Labute approximate surface area is 148 Å². The minimum Gasteiger partial charge on any atom is -0.375 e. The molecular formula is C16H24N4O4S. The molecule has 1 unspecified atom stereocenters. The molecule has 2 fully saturated rings. The molecular weight excluding hydrogens is 344 g/mol. The summed E-state index contributed by atoms with van der Waals surface area (Å²) in [6.45, 7) is 5.95. The normalized spacial score (nSPS) is 23.6. The summed E-state index contributed by atoms with van der Waals surface area (Å²) in [6, 6.07) is 3.17. The van der Waals surface area contributed by atoms with Gasteiger partial charge in [0, 0.05) is 51.7 Å². The number of amides is 1. The minimum atomic E-state index is -3.51. The Kier molecular flexibility index (Phi) is 5.67. The van der Waals surface area contributed by atoms with Gasteiger partial charge in [-0.2, -0.15) is 4.31 Å². The van der Waals surface area contributed by atoms with Gasteiger partial charge in [-0.25, -0.2) is 8.42 Å². The maximum absolute atomic E-state index is 12.6. The standard InChI is InChI=1S/C16H24N4O4S/c1-14-12-19(9-10-24-14)16(21)13-18-5-7-20(8-6-18)25(22,23)15-3-2-4-17-11-15/h2-4,11,14H,5-10,12-13H2,1H3. The van der Waals surface area contributed by atoms with Gasteiger partial charge in [0.1, 0.15) is 4.90 Å². The largest absolute Gasteiger partial charge is 0.375 e. The van der Waals surface area contributed by atoms with Gasteiger partial charge in [-0.15, -0.1) is 0 Å². The van der Waals surface area contributed by atoms with E-state index in [2.05, 4.69) is 4.98 Å². The second kappa shape index (κ2) is 7.77. The molecule has 0 aromatic carbocycles. The van der Waals surface area contributed by atoms with Gasteiger partial charge >= 0.3 is 0 Å². The summed E-state index contributed by atoms with van der Waals surface area (Å²) in [5, 5.41) is 0. The topological polar surface area (TPSA) is 83.1 Å². The molecule has 8 nitrogen and oxygen atoms in total.